The van der Waals surface area contributed by atoms with Gasteiger partial charge in [0.15, 0.2) is 12.6 Å². The number of ether oxygens (including phenoxy) is 8. The summed E-state index contributed by atoms with van der Waals surface area (Å²) in [6, 6.07) is 14.3. The van der Waals surface area contributed by atoms with Crippen molar-refractivity contribution >= 4 is 32.3 Å². The van der Waals surface area contributed by atoms with Gasteiger partial charge in [0.05, 0.1) is 90.1 Å². The molecule has 5 N–H and O–H groups in total. The van der Waals surface area contributed by atoms with Crippen LogP contribution in [-0.2, 0) is 38.0 Å². The van der Waals surface area contributed by atoms with Crippen LogP contribution in [0, 0.1) is 17.8 Å². The normalized spacial score (nSPS) is 34.5. The van der Waals surface area contributed by atoms with Crippen LogP contribution >= 0.6 is 15.1 Å². The van der Waals surface area contributed by atoms with E-state index in [0.29, 0.717) is 24.2 Å². The number of rotatable bonds is 23. The number of benzene rings is 2. The van der Waals surface area contributed by atoms with Crippen LogP contribution in [0.5, 0.6) is 11.5 Å². The number of esters is 1. The van der Waals surface area contributed by atoms with Crippen molar-refractivity contribution in [3.8, 4) is 22.6 Å². The topological polar surface area (TPSA) is 216 Å². The summed E-state index contributed by atoms with van der Waals surface area (Å²) in [5.41, 5.74) is -1.17. The first-order valence-corrected chi connectivity index (χ1v) is 41.3. The molecule has 0 bridgehead atoms. The number of hydrogen-bond acceptors (Lipinski definition) is 16. The van der Waals surface area contributed by atoms with E-state index >= 15 is 4.79 Å². The Kier molecular flexibility index (Phi) is 30.2. The monoisotopic (exact) mass is 1470 g/mol. The van der Waals surface area contributed by atoms with Gasteiger partial charge >= 0.3 is 39.0 Å². The molecule has 5 fully saturated rings. The molecule has 2 saturated carbocycles. The van der Waals surface area contributed by atoms with E-state index < -0.39 is 117 Å². The third-order valence-electron chi connectivity index (χ3n) is 21.9. The van der Waals surface area contributed by atoms with Gasteiger partial charge in [0, 0.05) is 44.0 Å². The van der Waals surface area contributed by atoms with Crippen LogP contribution in [0.3, 0.4) is 0 Å². The summed E-state index contributed by atoms with van der Waals surface area (Å²) in [4.78, 5) is 33.5. The Labute approximate surface area is 593 Å². The number of cyclic esters (lactones) is 1. The predicted octanol–water partition coefficient (Wildman–Crippen LogP) is 15.8. The standard InChI is InChI=1S/C75H126N2O15P.F6P/c1-18-62-75(14,84)68(80)53(10)77(46-49(6)44-73(12,83)70(92-72-66(79)58(76(15)16)43-50(7)88-72)51(8)67(52(9)71(82)90-62)91-64-45-74(13,85-17)69(81)54(11)89-64)63(78)41-28-20-19-21-31-42-93(55-33-24-22-25-34-55,56-35-26-23-27-36-56)61-40-30-29-37-57(61)65-59(86-47(2)3)38-32-39-60(65)87-48(4)5;1-7(2,3,4,5)6/h29-30,32,37-40,47-56,58,62,64,66-70,72,79-81,83-84H,18-28,31,33-36,41-46H2,1-17H3;/q+1;-1/t49-,50-,51+,52-,53-,54+,58+,62-,64+,66-,67+,68-,69+,70-,72+,73-,74-,75-;/m1./s1. The van der Waals surface area contributed by atoms with E-state index in [9.17, 15) is 55.5 Å². The second-order valence-electron chi connectivity index (χ2n) is 31.5. The number of nitrogens with zero attached hydrogens (tertiary/aromatic N) is 2. The molecular weight excluding hydrogens is 1340 g/mol. The van der Waals surface area contributed by atoms with E-state index in [1.165, 1.54) is 90.0 Å². The van der Waals surface area contributed by atoms with Gasteiger partial charge < -0.3 is 73.2 Å². The van der Waals surface area contributed by atoms with Crippen molar-refractivity contribution in [1.82, 2.24) is 9.80 Å². The summed E-state index contributed by atoms with van der Waals surface area (Å²) in [6.45, 7) is 26.0. The van der Waals surface area contributed by atoms with Gasteiger partial charge in [-0.15, -0.1) is 0 Å². The zero-order valence-electron chi connectivity index (χ0n) is 62.9. The van der Waals surface area contributed by atoms with Crippen molar-refractivity contribution < 1.29 is 98.2 Å². The fraction of sp³-hybridized carbons (Fsp3) is 0.813. The van der Waals surface area contributed by atoms with Gasteiger partial charge in [0.2, 0.25) is 5.91 Å². The van der Waals surface area contributed by atoms with E-state index in [-0.39, 0.29) is 62.5 Å². The van der Waals surface area contributed by atoms with Crippen molar-refractivity contribution in [1.29, 1.82) is 0 Å². The molecule has 578 valence electrons. The van der Waals surface area contributed by atoms with Gasteiger partial charge in [-0.25, -0.2) is 0 Å². The van der Waals surface area contributed by atoms with Gasteiger partial charge in [-0.05, 0) is 204 Å². The van der Waals surface area contributed by atoms with Crippen molar-refractivity contribution in [2.75, 3.05) is 33.9 Å². The summed E-state index contributed by atoms with van der Waals surface area (Å²) in [5, 5.41) is 62.9. The average Bonchev–Trinajstić information content (AvgIpc) is 0.758. The molecule has 0 unspecified atom stereocenters. The molecule has 0 radical (unpaired) electrons. The Bertz CT molecular complexity index is 2830. The van der Waals surface area contributed by atoms with Crippen molar-refractivity contribution in [3.63, 3.8) is 0 Å². The Balaban J connectivity index is 0.00000213. The Morgan fingerprint density at radius 3 is 1.81 bits per heavy atom. The molecule has 5 aliphatic rings. The number of methoxy groups -OCH3 is 1. The number of carbonyl (C=O) groups excluding carboxylic acids is 2. The number of unbranched alkanes of at least 4 members (excludes halogenated alkanes) is 4. The zero-order valence-corrected chi connectivity index (χ0v) is 64.7. The van der Waals surface area contributed by atoms with Gasteiger partial charge in [-0.1, -0.05) is 70.7 Å². The molecular formula is C75H126F6N2O15P2. The van der Waals surface area contributed by atoms with Crippen LogP contribution < -0.4 is 14.8 Å². The number of hydrogen-bond donors (Lipinski definition) is 5. The number of aliphatic hydroxyl groups is 5. The number of amides is 1. The van der Waals surface area contributed by atoms with E-state index in [2.05, 4.69) is 70.2 Å². The Morgan fingerprint density at radius 1 is 0.740 bits per heavy atom. The van der Waals surface area contributed by atoms with E-state index in [1.807, 2.05) is 39.8 Å². The molecule has 25 heteroatoms. The van der Waals surface area contributed by atoms with Gasteiger partial charge in [0.25, 0.3) is 0 Å². The third kappa shape index (κ3) is 23.2. The third-order valence-corrected chi connectivity index (χ3v) is 27.9. The van der Waals surface area contributed by atoms with Crippen molar-refractivity contribution in [3.05, 3.63) is 42.5 Å². The fourth-order valence-corrected chi connectivity index (χ4v) is 23.6. The first-order chi connectivity index (χ1) is 46.4. The second kappa shape index (κ2) is 35.1. The molecule has 100 heavy (non-hydrogen) atoms. The summed E-state index contributed by atoms with van der Waals surface area (Å²) in [5.74, 6) is -1.56. The second-order valence-corrected chi connectivity index (χ2v) is 37.6. The van der Waals surface area contributed by atoms with Crippen LogP contribution in [0.15, 0.2) is 42.5 Å². The van der Waals surface area contributed by atoms with Crippen molar-refractivity contribution in [2.45, 2.75) is 339 Å². The van der Waals surface area contributed by atoms with Crippen LogP contribution in [-0.4, -0.2) is 195 Å². The molecule has 0 aromatic heterocycles. The van der Waals surface area contributed by atoms with Crippen LogP contribution in [0.2, 0.25) is 0 Å². The van der Waals surface area contributed by atoms with Gasteiger partial charge in [0.1, 0.15) is 46.8 Å². The molecule has 2 aromatic carbocycles. The van der Waals surface area contributed by atoms with Crippen LogP contribution in [0.4, 0.5) is 25.2 Å². The van der Waals surface area contributed by atoms with Crippen LogP contribution in [0.25, 0.3) is 11.1 Å². The minimum atomic E-state index is -10.7. The van der Waals surface area contributed by atoms with Crippen molar-refractivity contribution in [2.24, 2.45) is 17.8 Å². The molecule has 2 aliphatic carbocycles. The summed E-state index contributed by atoms with van der Waals surface area (Å²) in [6.07, 6.45) is 9.17. The molecule has 17 nitrogen and oxygen atoms in total. The van der Waals surface area contributed by atoms with Crippen LogP contribution in [0.1, 0.15) is 225 Å². The first kappa shape index (κ1) is 85.9. The maximum absolute atomic E-state index is 15.1. The summed E-state index contributed by atoms with van der Waals surface area (Å²) >= 11 is 0. The molecule has 7 rings (SSSR count). The Hall–Kier alpha value is -3.02. The zero-order chi connectivity index (χ0) is 74.7. The van der Waals surface area contributed by atoms with E-state index in [0.717, 1.165) is 42.7 Å². The molecule has 3 saturated heterocycles. The number of halogens is 6. The first-order valence-electron chi connectivity index (χ1n) is 37.2. The SMILES string of the molecule is CC[C@H]1OC(=O)[C@H](C)[C@@H](O[C@H]2C[C@@](C)(OC)[C@@H](O)[C@H](C)O2)[C@H](C)[C@@H](O[C@@H]2O[C@H](C)C[C@H](N(C)C)[C@H]2O)[C@](C)(O)C[C@@H](C)CN(C(=O)CCCCCCC[P+](c2ccccc2-c2c(OC(C)C)cccc2OC(C)C)(C2CCCCC2)C2CCCCC2)[C@H](C)[C@@H](O)[C@]1(C)O.F[P-](F)(F)(F)(F)F. The molecule has 1 amide bonds. The molecule has 3 aliphatic heterocycles. The quantitative estimate of drug-likeness (QED) is 0.0303. The Morgan fingerprint density at radius 2 is 1.28 bits per heavy atom. The minimum absolute atomic E-state index is 0.00428. The molecule has 3 heterocycles. The molecule has 18 atom stereocenters. The maximum atomic E-state index is 15.1. The fourth-order valence-electron chi connectivity index (χ4n) is 17.0. The number of aliphatic hydroxyl groups excluding tert-OH is 3. The van der Waals surface area contributed by atoms with E-state index in [1.54, 1.807) is 51.7 Å². The number of likely N-dealkylation sites (N-methyl/N-ethyl adjacent to an activating group) is 1. The molecule has 0 spiro atoms. The van der Waals surface area contributed by atoms with Gasteiger partial charge in [-0.2, -0.15) is 0 Å². The predicted molar refractivity (Wildman–Crippen MR) is 383 cm³/mol. The molecule has 2 aromatic rings. The number of carbonyl (C=O) groups is 2. The van der Waals surface area contributed by atoms with Gasteiger partial charge in [-0.3, -0.25) is 9.59 Å². The van der Waals surface area contributed by atoms with E-state index in [4.69, 9.17) is 37.9 Å². The summed E-state index contributed by atoms with van der Waals surface area (Å²) in [7, 11) is -7.21. The average molecular weight is 1470 g/mol. The summed E-state index contributed by atoms with van der Waals surface area (Å²) < 4.78 is 111.